The molecule has 42 heavy (non-hydrogen) atoms. The van der Waals surface area contributed by atoms with Gasteiger partial charge in [-0.15, -0.1) is 0 Å². The summed E-state index contributed by atoms with van der Waals surface area (Å²) in [4.78, 5) is 23.7. The van der Waals surface area contributed by atoms with Crippen LogP contribution in [-0.4, -0.2) is 47.6 Å². The van der Waals surface area contributed by atoms with E-state index >= 15 is 0 Å². The summed E-state index contributed by atoms with van der Waals surface area (Å²) in [6, 6.07) is 0. The zero-order valence-electron chi connectivity index (χ0n) is 27.0. The zero-order chi connectivity index (χ0) is 31.1. The zero-order valence-corrected chi connectivity index (χ0v) is 27.0. The molecule has 3 atom stereocenters. The number of aliphatic hydroxyl groups excluding tert-OH is 2. The second-order valence-corrected chi connectivity index (χ2v) is 11.4. The van der Waals surface area contributed by atoms with Crippen molar-refractivity contribution in [2.24, 2.45) is 5.92 Å². The Morgan fingerprint density at radius 1 is 0.619 bits per heavy atom. The minimum absolute atomic E-state index is 0.144. The number of esters is 2. The Labute approximate surface area is 257 Å². The van der Waals surface area contributed by atoms with Gasteiger partial charge in [0.05, 0.1) is 6.10 Å². The minimum atomic E-state index is -0.994. The Morgan fingerprint density at radius 2 is 1.12 bits per heavy atom. The van der Waals surface area contributed by atoms with Crippen LogP contribution in [0.15, 0.2) is 48.6 Å². The van der Waals surface area contributed by atoms with Gasteiger partial charge in [0, 0.05) is 12.8 Å². The van der Waals surface area contributed by atoms with E-state index in [1.807, 2.05) is 6.08 Å². The lowest BCUT2D eigenvalue weighted by molar-refractivity contribution is -0.152. The summed E-state index contributed by atoms with van der Waals surface area (Å²) in [6.07, 6.45) is 32.3. The average Bonchev–Trinajstić information content (AvgIpc) is 2.98. The van der Waals surface area contributed by atoms with E-state index in [0.717, 1.165) is 70.1 Å². The number of rotatable bonds is 28. The van der Waals surface area contributed by atoms with Gasteiger partial charge in [-0.1, -0.05) is 121 Å². The van der Waals surface area contributed by atoms with E-state index in [1.165, 1.54) is 32.1 Å². The van der Waals surface area contributed by atoms with Crippen LogP contribution in [0.2, 0.25) is 0 Å². The number of aliphatic hydroxyl groups is 2. The lowest BCUT2D eigenvalue weighted by Gasteiger charge is -2.12. The van der Waals surface area contributed by atoms with Crippen LogP contribution in [0.3, 0.4) is 0 Å². The normalized spacial score (nSPS) is 14.3. The molecule has 0 aliphatic rings. The monoisotopic (exact) mass is 590 g/mol. The van der Waals surface area contributed by atoms with Gasteiger partial charge in [0.2, 0.25) is 0 Å². The summed E-state index contributed by atoms with van der Waals surface area (Å²) in [5.41, 5.74) is 0. The fourth-order valence-corrected chi connectivity index (χ4v) is 4.24. The first-order valence-corrected chi connectivity index (χ1v) is 16.7. The molecule has 0 saturated heterocycles. The van der Waals surface area contributed by atoms with Crippen molar-refractivity contribution in [3.8, 4) is 0 Å². The fraction of sp³-hybridized carbons (Fsp3) is 0.722. The van der Waals surface area contributed by atoms with Crippen molar-refractivity contribution >= 4 is 11.9 Å². The van der Waals surface area contributed by atoms with E-state index in [4.69, 9.17) is 9.47 Å². The van der Waals surface area contributed by atoms with Crippen molar-refractivity contribution in [2.75, 3.05) is 13.2 Å². The standard InChI is InChI=1S/C36H62O6/c1-4-25-33(37)27-22-18-13-11-9-7-6-8-10-12-14-19-23-28-35(39)41-30-34(38)31-42-36(40)29-24-20-16-15-17-21-26-32(3)5-2/h6,8-9,11-12,14,18,22,32-34,37-38H,4-5,7,10,13,15-17,19-21,23-31H2,1-3H3/b8-6-,11-9-,14-12-,22-18-/t32?,33?,34-/m1/s1. The lowest BCUT2D eigenvalue weighted by Crippen LogP contribution is -2.25. The summed E-state index contributed by atoms with van der Waals surface area (Å²) >= 11 is 0. The largest absolute Gasteiger partial charge is 0.463 e. The molecule has 0 aromatic heterocycles. The van der Waals surface area contributed by atoms with E-state index in [9.17, 15) is 19.8 Å². The average molecular weight is 591 g/mol. The molecule has 6 heteroatoms. The van der Waals surface area contributed by atoms with E-state index in [2.05, 4.69) is 63.3 Å². The number of carbonyl (C=O) groups excluding carboxylic acids is 2. The molecule has 0 aliphatic heterocycles. The van der Waals surface area contributed by atoms with Gasteiger partial charge in [-0.05, 0) is 57.3 Å². The summed E-state index contributed by atoms with van der Waals surface area (Å²) in [6.45, 7) is 6.32. The molecule has 0 bridgehead atoms. The van der Waals surface area contributed by atoms with E-state index in [-0.39, 0.29) is 31.3 Å². The van der Waals surface area contributed by atoms with Crippen molar-refractivity contribution in [3.05, 3.63) is 48.6 Å². The summed E-state index contributed by atoms with van der Waals surface area (Å²) in [5, 5.41) is 19.6. The van der Waals surface area contributed by atoms with Crippen molar-refractivity contribution in [3.63, 3.8) is 0 Å². The van der Waals surface area contributed by atoms with E-state index < -0.39 is 6.10 Å². The van der Waals surface area contributed by atoms with Crippen molar-refractivity contribution in [1.29, 1.82) is 0 Å². The first-order chi connectivity index (χ1) is 20.4. The highest BCUT2D eigenvalue weighted by atomic mass is 16.6. The number of unbranched alkanes of at least 4 members (excludes halogenated alkanes) is 6. The Bertz CT molecular complexity index is 754. The Hall–Kier alpha value is -2.18. The van der Waals surface area contributed by atoms with Crippen LogP contribution >= 0.6 is 0 Å². The Kier molecular flexibility index (Phi) is 28.7. The third-order valence-electron chi connectivity index (χ3n) is 7.16. The highest BCUT2D eigenvalue weighted by Crippen LogP contribution is 2.14. The number of allylic oxidation sites excluding steroid dienone is 7. The third-order valence-corrected chi connectivity index (χ3v) is 7.16. The Morgan fingerprint density at radius 3 is 1.69 bits per heavy atom. The van der Waals surface area contributed by atoms with Gasteiger partial charge < -0.3 is 19.7 Å². The maximum Gasteiger partial charge on any atom is 0.305 e. The van der Waals surface area contributed by atoms with Gasteiger partial charge in [-0.2, -0.15) is 0 Å². The predicted molar refractivity (Wildman–Crippen MR) is 174 cm³/mol. The number of hydrogen-bond donors (Lipinski definition) is 2. The van der Waals surface area contributed by atoms with Gasteiger partial charge in [-0.3, -0.25) is 9.59 Å². The molecule has 2 N–H and O–H groups in total. The molecule has 0 radical (unpaired) electrons. The molecule has 0 spiro atoms. The number of hydrogen-bond acceptors (Lipinski definition) is 6. The van der Waals surface area contributed by atoms with Crippen LogP contribution in [0.25, 0.3) is 0 Å². The first-order valence-electron chi connectivity index (χ1n) is 16.7. The van der Waals surface area contributed by atoms with Crippen LogP contribution in [-0.2, 0) is 19.1 Å². The maximum absolute atomic E-state index is 11.9. The van der Waals surface area contributed by atoms with Gasteiger partial charge in [0.15, 0.2) is 0 Å². The minimum Gasteiger partial charge on any atom is -0.463 e. The molecule has 0 amide bonds. The van der Waals surface area contributed by atoms with Gasteiger partial charge in [0.25, 0.3) is 0 Å². The van der Waals surface area contributed by atoms with Crippen LogP contribution in [0, 0.1) is 5.92 Å². The molecule has 0 heterocycles. The van der Waals surface area contributed by atoms with Crippen molar-refractivity contribution < 1.29 is 29.3 Å². The molecular weight excluding hydrogens is 528 g/mol. The van der Waals surface area contributed by atoms with Crippen LogP contribution < -0.4 is 0 Å². The van der Waals surface area contributed by atoms with Gasteiger partial charge in [0.1, 0.15) is 19.3 Å². The topological polar surface area (TPSA) is 93.1 Å². The van der Waals surface area contributed by atoms with E-state index in [1.54, 1.807) is 0 Å². The third kappa shape index (κ3) is 29.3. The first kappa shape index (κ1) is 39.8. The molecule has 242 valence electrons. The molecule has 6 nitrogen and oxygen atoms in total. The summed E-state index contributed by atoms with van der Waals surface area (Å²) in [5.74, 6) is 0.162. The molecule has 0 rings (SSSR count). The Balaban J connectivity index is 3.63. The van der Waals surface area contributed by atoms with Gasteiger partial charge in [-0.25, -0.2) is 0 Å². The van der Waals surface area contributed by atoms with Crippen molar-refractivity contribution in [1.82, 2.24) is 0 Å². The highest BCUT2D eigenvalue weighted by molar-refractivity contribution is 5.69. The molecule has 2 unspecified atom stereocenters. The molecule has 0 aromatic rings. The molecule has 0 aliphatic carbocycles. The summed E-state index contributed by atoms with van der Waals surface area (Å²) < 4.78 is 10.2. The van der Waals surface area contributed by atoms with Crippen LogP contribution in [0.4, 0.5) is 0 Å². The fourth-order valence-electron chi connectivity index (χ4n) is 4.24. The predicted octanol–water partition coefficient (Wildman–Crippen LogP) is 8.72. The SMILES string of the molecule is CCCC(O)C/C=C\C/C=C\C/C=C\C/C=C\CCCC(=O)OC[C@@H](O)COC(=O)CCCCCCCCC(C)CC. The quantitative estimate of drug-likeness (QED) is 0.0538. The maximum atomic E-state index is 11.9. The second-order valence-electron chi connectivity index (χ2n) is 11.4. The molecular formula is C36H62O6. The van der Waals surface area contributed by atoms with Crippen LogP contribution in [0.5, 0.6) is 0 Å². The van der Waals surface area contributed by atoms with E-state index in [0.29, 0.717) is 19.3 Å². The lowest BCUT2D eigenvalue weighted by atomic mass is 10.00. The van der Waals surface area contributed by atoms with Crippen LogP contribution in [0.1, 0.15) is 136 Å². The van der Waals surface area contributed by atoms with Crippen molar-refractivity contribution in [2.45, 2.75) is 149 Å². The van der Waals surface area contributed by atoms with Gasteiger partial charge >= 0.3 is 11.9 Å². The number of carbonyl (C=O) groups is 2. The second kappa shape index (κ2) is 30.3. The smallest absolute Gasteiger partial charge is 0.305 e. The molecule has 0 saturated carbocycles. The number of ether oxygens (including phenoxy) is 2. The molecule has 0 aromatic carbocycles. The molecule has 0 fully saturated rings. The summed E-state index contributed by atoms with van der Waals surface area (Å²) in [7, 11) is 0. The highest BCUT2D eigenvalue weighted by Gasteiger charge is 2.12.